The Bertz CT molecular complexity index is 1350. The van der Waals surface area contributed by atoms with Crippen molar-refractivity contribution in [3.8, 4) is 5.75 Å². The first kappa shape index (κ1) is 23.9. The van der Waals surface area contributed by atoms with E-state index >= 15 is 0 Å². The van der Waals surface area contributed by atoms with Crippen molar-refractivity contribution in [3.05, 3.63) is 83.7 Å². The average molecular weight is 510 g/mol. The Hall–Kier alpha value is -4.47. The van der Waals surface area contributed by atoms with E-state index in [0.717, 1.165) is 56.3 Å². The minimum atomic E-state index is 0.251. The zero-order valence-corrected chi connectivity index (χ0v) is 21.4. The van der Waals surface area contributed by atoms with Gasteiger partial charge in [-0.25, -0.2) is 9.97 Å². The van der Waals surface area contributed by atoms with Gasteiger partial charge in [0.15, 0.2) is 0 Å². The third-order valence-electron chi connectivity index (χ3n) is 6.99. The highest BCUT2D eigenvalue weighted by Crippen LogP contribution is 2.25. The molecule has 2 aromatic carbocycles. The Morgan fingerprint density at radius 3 is 2.18 bits per heavy atom. The Kier molecular flexibility index (Phi) is 6.84. The molecule has 10 heteroatoms. The number of methoxy groups -OCH3 is 1. The van der Waals surface area contributed by atoms with Crippen LogP contribution in [-0.4, -0.2) is 64.3 Å². The first-order chi connectivity index (χ1) is 18.7. The molecule has 194 valence electrons. The minimum absolute atomic E-state index is 0.251. The van der Waals surface area contributed by atoms with Crippen LogP contribution in [-0.2, 0) is 19.4 Å². The largest absolute Gasteiger partial charge is 0.497 e. The van der Waals surface area contributed by atoms with E-state index < -0.39 is 0 Å². The van der Waals surface area contributed by atoms with Crippen LogP contribution in [0.25, 0.3) is 0 Å². The molecular formula is C28H31N9O. The van der Waals surface area contributed by atoms with Gasteiger partial charge >= 0.3 is 0 Å². The molecule has 0 radical (unpaired) electrons. The van der Waals surface area contributed by atoms with E-state index in [9.17, 15) is 0 Å². The normalized spacial score (nSPS) is 15.3. The number of hydrogen-bond donors (Lipinski definition) is 2. The van der Waals surface area contributed by atoms with Gasteiger partial charge in [0, 0.05) is 51.2 Å². The van der Waals surface area contributed by atoms with Crippen molar-refractivity contribution >= 4 is 23.8 Å². The molecule has 0 amide bonds. The van der Waals surface area contributed by atoms with E-state index in [4.69, 9.17) is 19.7 Å². The molecule has 4 aromatic rings. The third kappa shape index (κ3) is 5.44. The number of piperazine rings is 1. The van der Waals surface area contributed by atoms with Crippen molar-refractivity contribution in [2.45, 2.75) is 25.4 Å². The quantitative estimate of drug-likeness (QED) is 0.368. The summed E-state index contributed by atoms with van der Waals surface area (Å²) in [6.45, 7) is 3.71. The molecule has 3 heterocycles. The molecule has 0 saturated carbocycles. The van der Waals surface area contributed by atoms with Gasteiger partial charge in [0.2, 0.25) is 23.8 Å². The van der Waals surface area contributed by atoms with Gasteiger partial charge in [0.05, 0.1) is 7.11 Å². The SMILES string of the molecule is COc1cccc(CNc2nc(NC3Cc4ccccc4C3)nc(N3CCN(c4ncccn4)CC3)n2)c1. The fraction of sp³-hybridized carbons (Fsp3) is 0.321. The highest BCUT2D eigenvalue weighted by atomic mass is 16.5. The van der Waals surface area contributed by atoms with Crippen LogP contribution in [0.15, 0.2) is 67.0 Å². The van der Waals surface area contributed by atoms with E-state index in [0.29, 0.717) is 24.4 Å². The Morgan fingerprint density at radius 1 is 0.789 bits per heavy atom. The lowest BCUT2D eigenvalue weighted by Crippen LogP contribution is -2.47. The fourth-order valence-electron chi connectivity index (χ4n) is 5.02. The summed E-state index contributed by atoms with van der Waals surface area (Å²) in [4.78, 5) is 27.6. The van der Waals surface area contributed by atoms with Gasteiger partial charge in [0.25, 0.3) is 0 Å². The summed E-state index contributed by atoms with van der Waals surface area (Å²) in [5.41, 5.74) is 3.85. The van der Waals surface area contributed by atoms with Crippen molar-refractivity contribution < 1.29 is 4.74 Å². The lowest BCUT2D eigenvalue weighted by molar-refractivity contribution is 0.414. The molecule has 2 N–H and O–H groups in total. The van der Waals surface area contributed by atoms with Gasteiger partial charge in [-0.2, -0.15) is 15.0 Å². The monoisotopic (exact) mass is 509 g/mol. The molecule has 38 heavy (non-hydrogen) atoms. The topological polar surface area (TPSA) is 104 Å². The van der Waals surface area contributed by atoms with Crippen LogP contribution in [0.2, 0.25) is 0 Å². The van der Waals surface area contributed by atoms with Gasteiger partial charge < -0.3 is 25.2 Å². The molecule has 6 rings (SSSR count). The second-order valence-corrected chi connectivity index (χ2v) is 9.53. The highest BCUT2D eigenvalue weighted by Gasteiger charge is 2.24. The summed E-state index contributed by atoms with van der Waals surface area (Å²) < 4.78 is 5.37. The Labute approximate surface area is 222 Å². The zero-order chi connectivity index (χ0) is 25.7. The molecule has 2 aromatic heterocycles. The number of hydrogen-bond acceptors (Lipinski definition) is 10. The van der Waals surface area contributed by atoms with Crippen LogP contribution in [0.5, 0.6) is 5.75 Å². The molecule has 1 saturated heterocycles. The number of aromatic nitrogens is 5. The van der Waals surface area contributed by atoms with Gasteiger partial charge in [-0.1, -0.05) is 36.4 Å². The molecular weight excluding hydrogens is 478 g/mol. The average Bonchev–Trinajstić information content (AvgIpc) is 3.39. The van der Waals surface area contributed by atoms with E-state index in [1.54, 1.807) is 19.5 Å². The van der Waals surface area contributed by atoms with E-state index in [1.807, 2.05) is 24.3 Å². The van der Waals surface area contributed by atoms with E-state index in [-0.39, 0.29) is 6.04 Å². The molecule has 2 aliphatic rings. The standard InChI is InChI=1S/C28H31N9O/c1-38-24-9-4-6-20(16-24)19-31-25-33-26(32-23-17-21-7-2-3-8-22(21)18-23)35-28(34-25)37-14-12-36(13-15-37)27-29-10-5-11-30-27/h2-11,16,23H,12-15,17-19H2,1H3,(H2,31,32,33,34,35). The smallest absolute Gasteiger partial charge is 0.232 e. The van der Waals surface area contributed by atoms with Crippen LogP contribution < -0.4 is 25.2 Å². The first-order valence-electron chi connectivity index (χ1n) is 13.0. The molecule has 1 aliphatic heterocycles. The second kappa shape index (κ2) is 10.9. The maximum atomic E-state index is 5.37. The molecule has 10 nitrogen and oxygen atoms in total. The fourth-order valence-corrected chi connectivity index (χ4v) is 5.02. The third-order valence-corrected chi connectivity index (χ3v) is 6.99. The Balaban J connectivity index is 1.20. The highest BCUT2D eigenvalue weighted by molar-refractivity contribution is 5.47. The predicted molar refractivity (Wildman–Crippen MR) is 148 cm³/mol. The van der Waals surface area contributed by atoms with Crippen molar-refractivity contribution in [1.29, 1.82) is 0 Å². The van der Waals surface area contributed by atoms with Crippen molar-refractivity contribution in [2.24, 2.45) is 0 Å². The maximum absolute atomic E-state index is 5.37. The molecule has 0 atom stereocenters. The molecule has 0 unspecified atom stereocenters. The van der Waals surface area contributed by atoms with Crippen molar-refractivity contribution in [1.82, 2.24) is 24.9 Å². The van der Waals surface area contributed by atoms with Crippen LogP contribution in [0, 0.1) is 0 Å². The molecule has 1 aliphatic carbocycles. The second-order valence-electron chi connectivity index (χ2n) is 9.53. The number of rotatable bonds is 8. The van der Waals surface area contributed by atoms with Crippen LogP contribution in [0.3, 0.4) is 0 Å². The zero-order valence-electron chi connectivity index (χ0n) is 21.4. The summed E-state index contributed by atoms with van der Waals surface area (Å²) in [5, 5.41) is 6.97. The van der Waals surface area contributed by atoms with Gasteiger partial charge in [-0.15, -0.1) is 0 Å². The molecule has 0 spiro atoms. The Morgan fingerprint density at radius 2 is 1.47 bits per heavy atom. The molecule has 1 fully saturated rings. The van der Waals surface area contributed by atoms with Crippen LogP contribution >= 0.6 is 0 Å². The maximum Gasteiger partial charge on any atom is 0.232 e. The summed E-state index contributed by atoms with van der Waals surface area (Å²) >= 11 is 0. The summed E-state index contributed by atoms with van der Waals surface area (Å²) in [6, 6.07) is 18.7. The number of fused-ring (bicyclic) bond motifs is 1. The number of ether oxygens (including phenoxy) is 1. The van der Waals surface area contributed by atoms with Gasteiger partial charge in [-0.05, 0) is 47.7 Å². The number of nitrogens with one attached hydrogen (secondary N) is 2. The van der Waals surface area contributed by atoms with E-state index in [1.165, 1.54) is 11.1 Å². The number of benzene rings is 2. The minimum Gasteiger partial charge on any atom is -0.497 e. The van der Waals surface area contributed by atoms with Gasteiger partial charge in [-0.3, -0.25) is 0 Å². The van der Waals surface area contributed by atoms with E-state index in [2.05, 4.69) is 60.7 Å². The van der Waals surface area contributed by atoms with Crippen LogP contribution in [0.1, 0.15) is 16.7 Å². The molecule has 0 bridgehead atoms. The summed E-state index contributed by atoms with van der Waals surface area (Å²) in [5.74, 6) is 3.38. The lowest BCUT2D eigenvalue weighted by atomic mass is 10.1. The van der Waals surface area contributed by atoms with Gasteiger partial charge in [0.1, 0.15) is 5.75 Å². The summed E-state index contributed by atoms with van der Waals surface area (Å²) in [7, 11) is 1.67. The number of nitrogens with zero attached hydrogens (tertiary/aromatic N) is 7. The first-order valence-corrected chi connectivity index (χ1v) is 13.0. The number of anilines is 4. The van der Waals surface area contributed by atoms with Crippen LogP contribution in [0.4, 0.5) is 23.8 Å². The van der Waals surface area contributed by atoms with Crippen molar-refractivity contribution in [3.63, 3.8) is 0 Å². The summed E-state index contributed by atoms with van der Waals surface area (Å²) in [6.07, 6.45) is 5.47. The lowest BCUT2D eigenvalue weighted by Gasteiger charge is -2.34. The van der Waals surface area contributed by atoms with Crippen molar-refractivity contribution in [2.75, 3.05) is 53.7 Å². The predicted octanol–water partition coefficient (Wildman–Crippen LogP) is 3.19.